The Morgan fingerprint density at radius 3 is 2.70 bits per heavy atom. The van der Waals surface area contributed by atoms with E-state index >= 15 is 0 Å². The van der Waals surface area contributed by atoms with E-state index in [1.165, 1.54) is 30.3 Å². The summed E-state index contributed by atoms with van der Waals surface area (Å²) in [6.07, 6.45) is 5.60. The quantitative estimate of drug-likeness (QED) is 0.166. The Labute approximate surface area is 229 Å². The minimum atomic E-state index is -4.25. The number of thiazole rings is 1. The van der Waals surface area contributed by atoms with E-state index in [9.17, 15) is 13.0 Å². The van der Waals surface area contributed by atoms with Crippen molar-refractivity contribution in [2.75, 3.05) is 24.3 Å². The maximum Gasteiger partial charge on any atom is 0.281 e. The van der Waals surface area contributed by atoms with E-state index in [1.807, 2.05) is 18.2 Å². The first-order valence-electron chi connectivity index (χ1n) is 12.1. The number of thiophene rings is 1. The molecule has 1 aliphatic rings. The zero-order chi connectivity index (χ0) is 26.2. The summed E-state index contributed by atoms with van der Waals surface area (Å²) in [6.45, 7) is 5.62. The molecule has 2 aromatic heterocycles. The van der Waals surface area contributed by atoms with Gasteiger partial charge in [-0.25, -0.2) is 8.42 Å². The lowest BCUT2D eigenvalue weighted by Gasteiger charge is -2.18. The van der Waals surface area contributed by atoms with Crippen LogP contribution in [0.3, 0.4) is 0 Å². The highest BCUT2D eigenvalue weighted by atomic mass is 32.2. The van der Waals surface area contributed by atoms with Gasteiger partial charge in [0.05, 0.1) is 27.9 Å². The molecule has 0 N–H and O–H groups in total. The van der Waals surface area contributed by atoms with E-state index < -0.39 is 10.1 Å². The molecule has 10 heteroatoms. The van der Waals surface area contributed by atoms with Crippen LogP contribution in [0.4, 0.5) is 5.69 Å². The minimum Gasteiger partial charge on any atom is -0.748 e. The standard InChI is InChI=1S/C27H28N2O4S4/c1-4-18(15-24-28(5-2)21-17-19(33-3)11-12-23(21)34-24)16-25-29(13-8-14-37(30,31)32)27-26(36-25)20-9-6-7-10-22(20)35-27/h6-7,9-12,15-17H,4-5,8,13-14H2,1-3H3. The first kappa shape index (κ1) is 26.2. The Morgan fingerprint density at radius 1 is 1.16 bits per heavy atom. The first-order valence-corrected chi connectivity index (χ1v) is 16.2. The summed E-state index contributed by atoms with van der Waals surface area (Å²) < 4.78 is 43.8. The number of benzene rings is 2. The lowest BCUT2D eigenvalue weighted by Crippen LogP contribution is -2.35. The van der Waals surface area contributed by atoms with Crippen molar-refractivity contribution in [3.8, 4) is 5.75 Å². The molecule has 5 rings (SSSR count). The van der Waals surface area contributed by atoms with Gasteiger partial charge in [-0.05, 0) is 43.2 Å². The Kier molecular flexibility index (Phi) is 7.65. The maximum atomic E-state index is 11.3. The molecule has 0 unspecified atom stereocenters. The lowest BCUT2D eigenvalue weighted by atomic mass is 10.2. The van der Waals surface area contributed by atoms with Crippen molar-refractivity contribution in [1.29, 1.82) is 0 Å². The number of anilines is 1. The third kappa shape index (κ3) is 5.44. The largest absolute Gasteiger partial charge is 0.748 e. The van der Waals surface area contributed by atoms with Crippen molar-refractivity contribution >= 4 is 75.9 Å². The van der Waals surface area contributed by atoms with Crippen LogP contribution in [0.25, 0.3) is 25.7 Å². The summed E-state index contributed by atoms with van der Waals surface area (Å²) in [5.41, 5.74) is 2.34. The minimum absolute atomic E-state index is 0.288. The van der Waals surface area contributed by atoms with Crippen LogP contribution in [0, 0.1) is 0 Å². The molecule has 0 atom stereocenters. The summed E-state index contributed by atoms with van der Waals surface area (Å²) in [7, 11) is -2.56. The highest BCUT2D eigenvalue weighted by molar-refractivity contribution is 8.03. The number of methoxy groups -OCH3 is 1. The number of ether oxygens (including phenoxy) is 1. The molecule has 6 nitrogen and oxygen atoms in total. The molecule has 1 aliphatic heterocycles. The monoisotopic (exact) mass is 572 g/mol. The predicted molar refractivity (Wildman–Crippen MR) is 155 cm³/mol. The summed E-state index contributed by atoms with van der Waals surface area (Å²) >= 11 is 5.19. The fourth-order valence-corrected chi connectivity index (χ4v) is 8.84. The number of thioether (sulfide) groups is 1. The molecule has 0 fully saturated rings. The molecule has 4 aromatic rings. The second kappa shape index (κ2) is 10.8. The van der Waals surface area contributed by atoms with E-state index in [0.717, 1.165) is 34.2 Å². The van der Waals surface area contributed by atoms with Gasteiger partial charge in [0.25, 0.3) is 9.84 Å². The van der Waals surface area contributed by atoms with Crippen LogP contribution >= 0.6 is 34.4 Å². The molecule has 3 heterocycles. The average molecular weight is 573 g/mol. The van der Waals surface area contributed by atoms with Gasteiger partial charge >= 0.3 is 0 Å². The van der Waals surface area contributed by atoms with Crippen molar-refractivity contribution in [2.45, 2.75) is 38.1 Å². The molecule has 0 aliphatic carbocycles. The third-order valence-electron chi connectivity index (χ3n) is 6.31. The van der Waals surface area contributed by atoms with Crippen LogP contribution in [0.2, 0.25) is 0 Å². The summed E-state index contributed by atoms with van der Waals surface area (Å²) in [5.74, 6) is 0.484. The average Bonchev–Trinajstić information content (AvgIpc) is 3.52. The van der Waals surface area contributed by atoms with E-state index in [4.69, 9.17) is 4.74 Å². The number of nitrogens with zero attached hydrogens (tertiary/aromatic N) is 2. The van der Waals surface area contributed by atoms with Crippen LogP contribution in [-0.4, -0.2) is 32.4 Å². The predicted octanol–water partition coefficient (Wildman–Crippen LogP) is 6.61. The fourth-order valence-electron chi connectivity index (χ4n) is 4.47. The van der Waals surface area contributed by atoms with Gasteiger partial charge in [-0.1, -0.05) is 59.6 Å². The third-order valence-corrected chi connectivity index (χ3v) is 10.7. The normalized spacial score (nSPS) is 15.3. The molecule has 194 valence electrons. The number of hydrogen-bond donors (Lipinski definition) is 0. The number of fused-ring (bicyclic) bond motifs is 4. The molecule has 0 amide bonds. The molecule has 37 heavy (non-hydrogen) atoms. The van der Waals surface area contributed by atoms with E-state index in [2.05, 4.69) is 59.7 Å². The lowest BCUT2D eigenvalue weighted by molar-refractivity contribution is -0.666. The van der Waals surface area contributed by atoms with Crippen molar-refractivity contribution in [3.63, 3.8) is 0 Å². The Balaban J connectivity index is 1.55. The van der Waals surface area contributed by atoms with Crippen molar-refractivity contribution < 1.29 is 22.3 Å². The van der Waals surface area contributed by atoms with Gasteiger partial charge in [0.2, 0.25) is 0 Å². The summed E-state index contributed by atoms with van der Waals surface area (Å²) in [6, 6.07) is 14.5. The molecule has 0 radical (unpaired) electrons. The second-order valence-electron chi connectivity index (χ2n) is 8.68. The molecule has 0 saturated heterocycles. The van der Waals surface area contributed by atoms with Gasteiger partial charge in [-0.3, -0.25) is 0 Å². The highest BCUT2D eigenvalue weighted by Gasteiger charge is 2.26. The Bertz CT molecular complexity index is 1630. The van der Waals surface area contributed by atoms with Gasteiger partial charge in [-0.2, -0.15) is 4.57 Å². The van der Waals surface area contributed by atoms with Gasteiger partial charge in [-0.15, -0.1) is 0 Å². The SMILES string of the molecule is CCC(/C=C1\Sc2ccc(OC)cc2N1CC)=C\c1sc2c3ccccc3sc2[n+]1CCCS(=O)(=O)[O-]. The van der Waals surface area contributed by atoms with E-state index in [-0.39, 0.29) is 12.2 Å². The summed E-state index contributed by atoms with van der Waals surface area (Å²) in [5, 5.41) is 3.45. The molecule has 0 bridgehead atoms. The van der Waals surface area contributed by atoms with Gasteiger partial charge in [0, 0.05) is 45.8 Å². The second-order valence-corrected chi connectivity index (χ2v) is 13.3. The number of allylic oxidation sites excluding steroid dienone is 2. The molecule has 0 saturated carbocycles. The molecule has 2 aromatic carbocycles. The summed E-state index contributed by atoms with van der Waals surface area (Å²) in [4.78, 5) is 4.63. The van der Waals surface area contributed by atoms with E-state index in [1.54, 1.807) is 41.5 Å². The van der Waals surface area contributed by atoms with Gasteiger partial charge in [0.15, 0.2) is 6.54 Å². The highest BCUT2D eigenvalue weighted by Crippen LogP contribution is 2.47. The van der Waals surface area contributed by atoms with Crippen LogP contribution in [0.1, 0.15) is 31.7 Å². The number of hydrogen-bond acceptors (Lipinski definition) is 8. The van der Waals surface area contributed by atoms with Crippen molar-refractivity contribution in [1.82, 2.24) is 0 Å². The number of aromatic nitrogens is 1. The Morgan fingerprint density at radius 2 is 1.97 bits per heavy atom. The van der Waals surface area contributed by atoms with Crippen LogP contribution in [0.15, 0.2) is 64.0 Å². The first-order chi connectivity index (χ1) is 17.8. The van der Waals surface area contributed by atoms with Crippen molar-refractivity contribution in [2.24, 2.45) is 0 Å². The Hall–Kier alpha value is -2.37. The molecule has 0 spiro atoms. The van der Waals surface area contributed by atoms with Crippen LogP contribution < -0.4 is 14.2 Å². The number of aryl methyl sites for hydroxylation is 1. The maximum absolute atomic E-state index is 11.3. The van der Waals surface area contributed by atoms with Crippen LogP contribution in [-0.2, 0) is 16.7 Å². The van der Waals surface area contributed by atoms with Crippen LogP contribution in [0.5, 0.6) is 5.75 Å². The fraction of sp³-hybridized carbons (Fsp3) is 0.296. The smallest absolute Gasteiger partial charge is 0.281 e. The topological polar surface area (TPSA) is 73.5 Å². The molecular formula is C27H28N2O4S4. The van der Waals surface area contributed by atoms with Gasteiger partial charge < -0.3 is 14.2 Å². The zero-order valence-corrected chi connectivity index (χ0v) is 24.2. The van der Waals surface area contributed by atoms with Gasteiger partial charge in [0.1, 0.15) is 10.4 Å². The number of rotatable bonds is 9. The van der Waals surface area contributed by atoms with E-state index in [0.29, 0.717) is 6.54 Å². The zero-order valence-electron chi connectivity index (χ0n) is 20.9. The molecular weight excluding hydrogens is 545 g/mol. The van der Waals surface area contributed by atoms with Crippen molar-refractivity contribution in [3.05, 3.63) is 64.2 Å².